The van der Waals surface area contributed by atoms with Gasteiger partial charge in [0.2, 0.25) is 5.91 Å². The quantitative estimate of drug-likeness (QED) is 0.756. The van der Waals surface area contributed by atoms with Crippen molar-refractivity contribution < 1.29 is 13.6 Å². The summed E-state index contributed by atoms with van der Waals surface area (Å²) in [5, 5.41) is 2.79. The number of benzene rings is 1. The van der Waals surface area contributed by atoms with E-state index < -0.39 is 0 Å². The molecule has 0 unspecified atom stereocenters. The maximum absolute atomic E-state index is 13.5. The van der Waals surface area contributed by atoms with E-state index in [2.05, 4.69) is 15.3 Å². The lowest BCUT2D eigenvalue weighted by atomic mass is 10.1. The molecule has 0 aliphatic carbocycles. The smallest absolute Gasteiger partial charge is 0.220 e. The summed E-state index contributed by atoms with van der Waals surface area (Å²) in [6.45, 7) is 0.236. The second kappa shape index (κ2) is 7.50. The summed E-state index contributed by atoms with van der Waals surface area (Å²) in [6, 6.07) is 10.0. The molecule has 0 spiro atoms. The first-order chi connectivity index (χ1) is 11.7. The van der Waals surface area contributed by atoms with Crippen LogP contribution in [0.3, 0.4) is 0 Å². The summed E-state index contributed by atoms with van der Waals surface area (Å²) in [6.07, 6.45) is 5.25. The fourth-order valence-corrected chi connectivity index (χ4v) is 2.34. The van der Waals surface area contributed by atoms with E-state index in [9.17, 15) is 9.18 Å². The standard InChI is InChI=1S/C18H16FN3O2/c19-14-5-2-1-4-13(14)7-8-17(23)22-12-15-18(21-10-9-20-15)16-6-3-11-24-16/h1-6,9-11H,7-8,12H2,(H,22,23). The van der Waals surface area contributed by atoms with Crippen molar-refractivity contribution in [2.75, 3.05) is 0 Å². The van der Waals surface area contributed by atoms with Crippen molar-refractivity contribution in [2.24, 2.45) is 0 Å². The number of carbonyl (C=O) groups excluding carboxylic acids is 1. The molecule has 3 aromatic rings. The molecule has 24 heavy (non-hydrogen) atoms. The topological polar surface area (TPSA) is 68.0 Å². The van der Waals surface area contributed by atoms with Crippen molar-refractivity contribution in [3.63, 3.8) is 0 Å². The minimum atomic E-state index is -0.292. The van der Waals surface area contributed by atoms with Crippen LogP contribution in [0.25, 0.3) is 11.5 Å². The SMILES string of the molecule is O=C(CCc1ccccc1F)NCc1nccnc1-c1ccco1. The van der Waals surface area contributed by atoms with Crippen LogP contribution in [-0.2, 0) is 17.8 Å². The largest absolute Gasteiger partial charge is 0.463 e. The Kier molecular flexibility index (Phi) is 4.96. The van der Waals surface area contributed by atoms with Crippen LogP contribution >= 0.6 is 0 Å². The van der Waals surface area contributed by atoms with E-state index >= 15 is 0 Å². The van der Waals surface area contributed by atoms with Crippen molar-refractivity contribution in [3.05, 3.63) is 72.1 Å². The highest BCUT2D eigenvalue weighted by Gasteiger charge is 2.12. The predicted octanol–water partition coefficient (Wildman–Crippen LogP) is 3.12. The predicted molar refractivity (Wildman–Crippen MR) is 86.3 cm³/mol. The highest BCUT2D eigenvalue weighted by molar-refractivity contribution is 5.76. The molecule has 0 aliphatic rings. The van der Waals surface area contributed by atoms with Crippen LogP contribution < -0.4 is 5.32 Å². The Morgan fingerprint density at radius 3 is 2.75 bits per heavy atom. The highest BCUT2D eigenvalue weighted by atomic mass is 19.1. The third-order valence-electron chi connectivity index (χ3n) is 3.56. The van der Waals surface area contributed by atoms with Crippen LogP contribution in [0.5, 0.6) is 0 Å². The number of nitrogens with one attached hydrogen (secondary N) is 1. The van der Waals surface area contributed by atoms with Gasteiger partial charge in [0.25, 0.3) is 0 Å². The number of halogens is 1. The minimum absolute atomic E-state index is 0.172. The van der Waals surface area contributed by atoms with Crippen molar-refractivity contribution in [1.29, 1.82) is 0 Å². The van der Waals surface area contributed by atoms with E-state index in [1.807, 2.05) is 0 Å². The average molecular weight is 325 g/mol. The van der Waals surface area contributed by atoms with Gasteiger partial charge in [0.05, 0.1) is 18.5 Å². The van der Waals surface area contributed by atoms with E-state index in [0.717, 1.165) is 0 Å². The molecular formula is C18H16FN3O2. The van der Waals surface area contributed by atoms with E-state index in [4.69, 9.17) is 4.42 Å². The zero-order valence-electron chi connectivity index (χ0n) is 12.9. The Bertz CT molecular complexity index is 819. The lowest BCUT2D eigenvalue weighted by molar-refractivity contribution is -0.121. The van der Waals surface area contributed by atoms with Gasteiger partial charge >= 0.3 is 0 Å². The Hall–Kier alpha value is -3.02. The molecule has 2 aromatic heterocycles. The molecule has 122 valence electrons. The molecule has 0 saturated heterocycles. The maximum atomic E-state index is 13.5. The number of aromatic nitrogens is 2. The van der Waals surface area contributed by atoms with Gasteiger partial charge in [-0.3, -0.25) is 9.78 Å². The van der Waals surface area contributed by atoms with E-state index in [0.29, 0.717) is 29.1 Å². The number of furan rings is 1. The van der Waals surface area contributed by atoms with E-state index in [-0.39, 0.29) is 24.7 Å². The summed E-state index contributed by atoms with van der Waals surface area (Å²) < 4.78 is 18.9. The number of hydrogen-bond donors (Lipinski definition) is 1. The number of hydrogen-bond acceptors (Lipinski definition) is 4. The minimum Gasteiger partial charge on any atom is -0.463 e. The van der Waals surface area contributed by atoms with Crippen molar-refractivity contribution >= 4 is 5.91 Å². The van der Waals surface area contributed by atoms with Crippen LogP contribution in [0, 0.1) is 5.82 Å². The van der Waals surface area contributed by atoms with Crippen LogP contribution in [0.2, 0.25) is 0 Å². The van der Waals surface area contributed by atoms with Crippen LogP contribution in [0.4, 0.5) is 4.39 Å². The van der Waals surface area contributed by atoms with Gasteiger partial charge in [-0.2, -0.15) is 0 Å². The molecule has 3 rings (SSSR count). The number of aryl methyl sites for hydroxylation is 1. The molecule has 6 heteroatoms. The van der Waals surface area contributed by atoms with Gasteiger partial charge < -0.3 is 9.73 Å². The molecule has 0 radical (unpaired) electrons. The van der Waals surface area contributed by atoms with Gasteiger partial charge in [0, 0.05) is 18.8 Å². The van der Waals surface area contributed by atoms with Gasteiger partial charge in [0.15, 0.2) is 5.76 Å². The normalized spacial score (nSPS) is 10.5. The molecule has 0 atom stereocenters. The van der Waals surface area contributed by atoms with Gasteiger partial charge in [-0.15, -0.1) is 0 Å². The number of rotatable bonds is 6. The molecule has 0 saturated carbocycles. The maximum Gasteiger partial charge on any atom is 0.220 e. The number of carbonyl (C=O) groups is 1. The molecule has 5 nitrogen and oxygen atoms in total. The molecule has 1 aromatic carbocycles. The highest BCUT2D eigenvalue weighted by Crippen LogP contribution is 2.19. The zero-order chi connectivity index (χ0) is 16.8. The van der Waals surface area contributed by atoms with Gasteiger partial charge in [-0.25, -0.2) is 9.37 Å². The number of amides is 1. The molecule has 1 N–H and O–H groups in total. The Balaban J connectivity index is 1.58. The van der Waals surface area contributed by atoms with Gasteiger partial charge in [-0.05, 0) is 30.2 Å². The van der Waals surface area contributed by atoms with Crippen molar-refractivity contribution in [3.8, 4) is 11.5 Å². The lowest BCUT2D eigenvalue weighted by Crippen LogP contribution is -2.24. The Labute approximate surface area is 138 Å². The average Bonchev–Trinajstić information content (AvgIpc) is 3.14. The molecule has 2 heterocycles. The fraction of sp³-hybridized carbons (Fsp3) is 0.167. The second-order valence-electron chi connectivity index (χ2n) is 5.20. The van der Waals surface area contributed by atoms with E-state index in [1.165, 1.54) is 6.07 Å². The molecule has 0 fully saturated rings. The zero-order valence-corrected chi connectivity index (χ0v) is 12.9. The third-order valence-corrected chi connectivity index (χ3v) is 3.56. The second-order valence-corrected chi connectivity index (χ2v) is 5.20. The Morgan fingerprint density at radius 1 is 1.12 bits per heavy atom. The summed E-state index contributed by atoms with van der Waals surface area (Å²) >= 11 is 0. The lowest BCUT2D eigenvalue weighted by Gasteiger charge is -2.08. The van der Waals surface area contributed by atoms with Crippen LogP contribution in [-0.4, -0.2) is 15.9 Å². The van der Waals surface area contributed by atoms with Crippen molar-refractivity contribution in [2.45, 2.75) is 19.4 Å². The molecule has 0 aliphatic heterocycles. The first kappa shape index (κ1) is 15.9. The summed E-state index contributed by atoms with van der Waals surface area (Å²) in [7, 11) is 0. The number of nitrogens with zero attached hydrogens (tertiary/aromatic N) is 2. The van der Waals surface area contributed by atoms with Gasteiger partial charge in [0.1, 0.15) is 11.5 Å². The summed E-state index contributed by atoms with van der Waals surface area (Å²) in [5.41, 5.74) is 1.74. The molecular weight excluding hydrogens is 309 g/mol. The van der Waals surface area contributed by atoms with E-state index in [1.54, 1.807) is 49.0 Å². The third kappa shape index (κ3) is 3.84. The summed E-state index contributed by atoms with van der Waals surface area (Å²) in [4.78, 5) is 20.5. The molecule has 1 amide bonds. The van der Waals surface area contributed by atoms with Gasteiger partial charge in [-0.1, -0.05) is 18.2 Å². The van der Waals surface area contributed by atoms with Crippen LogP contribution in [0.15, 0.2) is 59.5 Å². The first-order valence-corrected chi connectivity index (χ1v) is 7.58. The Morgan fingerprint density at radius 2 is 1.96 bits per heavy atom. The monoisotopic (exact) mass is 325 g/mol. The van der Waals surface area contributed by atoms with Crippen LogP contribution in [0.1, 0.15) is 17.7 Å². The summed E-state index contributed by atoms with van der Waals surface area (Å²) in [5.74, 6) is 0.132. The molecule has 0 bridgehead atoms. The van der Waals surface area contributed by atoms with Crippen molar-refractivity contribution in [1.82, 2.24) is 15.3 Å². The fourth-order valence-electron chi connectivity index (χ4n) is 2.34. The first-order valence-electron chi connectivity index (χ1n) is 7.58.